The predicted octanol–water partition coefficient (Wildman–Crippen LogP) is 3.13. The number of piperidine rings is 1. The first-order valence-corrected chi connectivity index (χ1v) is 11.9. The molecule has 2 aromatic carbocycles. The summed E-state index contributed by atoms with van der Waals surface area (Å²) >= 11 is 0. The molecule has 1 aromatic heterocycles. The van der Waals surface area contributed by atoms with Gasteiger partial charge in [-0.2, -0.15) is 0 Å². The van der Waals surface area contributed by atoms with Gasteiger partial charge in [0.2, 0.25) is 11.8 Å². The number of likely N-dealkylation sites (tertiary alicyclic amines) is 1. The van der Waals surface area contributed by atoms with Crippen LogP contribution in [0.2, 0.25) is 0 Å². The number of pyridine rings is 1. The number of ether oxygens (including phenoxy) is 1. The summed E-state index contributed by atoms with van der Waals surface area (Å²) in [5.41, 5.74) is 3.91. The van der Waals surface area contributed by atoms with E-state index in [4.69, 9.17) is 9.94 Å². The summed E-state index contributed by atoms with van der Waals surface area (Å²) in [7, 11) is 0. The molecule has 0 spiro atoms. The molecule has 0 aliphatic carbocycles. The van der Waals surface area contributed by atoms with Crippen LogP contribution in [-0.2, 0) is 16.2 Å². The quantitative estimate of drug-likeness (QED) is 0.346. The fourth-order valence-electron chi connectivity index (χ4n) is 4.73. The van der Waals surface area contributed by atoms with Crippen molar-refractivity contribution in [2.45, 2.75) is 45.3 Å². The molecule has 3 N–H and O–H groups in total. The van der Waals surface area contributed by atoms with Crippen molar-refractivity contribution in [1.29, 1.82) is 0 Å². The van der Waals surface area contributed by atoms with Crippen LogP contribution in [0.1, 0.15) is 47.8 Å². The lowest BCUT2D eigenvalue weighted by Gasteiger charge is -2.42. The van der Waals surface area contributed by atoms with Crippen molar-refractivity contribution in [3.05, 3.63) is 71.4 Å². The van der Waals surface area contributed by atoms with Crippen molar-refractivity contribution in [2.24, 2.45) is 0 Å². The Morgan fingerprint density at radius 3 is 2.61 bits per heavy atom. The number of carbonyl (C=O) groups is 3. The highest BCUT2D eigenvalue weighted by Gasteiger charge is 2.39. The number of nitrogens with zero attached hydrogens (tertiary/aromatic N) is 2. The topological polar surface area (TPSA) is 121 Å². The van der Waals surface area contributed by atoms with Gasteiger partial charge in [-0.15, -0.1) is 0 Å². The molecule has 9 heteroatoms. The first kappa shape index (κ1) is 25.1. The van der Waals surface area contributed by atoms with E-state index in [-0.39, 0.29) is 24.8 Å². The number of aryl methyl sites for hydroxylation is 1. The number of hydrogen-bond acceptors (Lipinski definition) is 6. The molecule has 1 unspecified atom stereocenters. The molecule has 188 valence electrons. The fraction of sp³-hybridized carbons (Fsp3) is 0.333. The summed E-state index contributed by atoms with van der Waals surface area (Å²) in [5.74, 6) is -0.506. The number of fused-ring (bicyclic) bond motifs is 1. The van der Waals surface area contributed by atoms with Crippen LogP contribution in [0.4, 0.5) is 0 Å². The van der Waals surface area contributed by atoms with Crippen molar-refractivity contribution in [1.82, 2.24) is 20.7 Å². The molecule has 4 rings (SSSR count). The highest BCUT2D eigenvalue weighted by molar-refractivity contribution is 5.95. The van der Waals surface area contributed by atoms with Crippen LogP contribution in [0.25, 0.3) is 10.9 Å². The minimum Gasteiger partial charge on any atom is -0.489 e. The Morgan fingerprint density at radius 2 is 1.89 bits per heavy atom. The van der Waals surface area contributed by atoms with Gasteiger partial charge in [0.15, 0.2) is 0 Å². The van der Waals surface area contributed by atoms with Crippen LogP contribution < -0.4 is 15.5 Å². The maximum atomic E-state index is 13.1. The summed E-state index contributed by atoms with van der Waals surface area (Å²) in [6.45, 7) is 4.52. The van der Waals surface area contributed by atoms with E-state index in [1.165, 1.54) is 6.92 Å². The van der Waals surface area contributed by atoms with Gasteiger partial charge in [-0.1, -0.05) is 18.2 Å². The zero-order chi connectivity index (χ0) is 25.7. The summed E-state index contributed by atoms with van der Waals surface area (Å²) in [6, 6.07) is 16.7. The summed E-state index contributed by atoms with van der Waals surface area (Å²) in [4.78, 5) is 43.2. The number of para-hydroxylation sites is 1. The van der Waals surface area contributed by atoms with E-state index in [2.05, 4.69) is 10.3 Å². The highest BCUT2D eigenvalue weighted by atomic mass is 16.5. The SMILES string of the molecule is CC(=O)N1CCCC(CC(=O)NO)(NC(=O)c2ccc(OCc3cc(C)nc4ccccc34)cc2)C1. The van der Waals surface area contributed by atoms with Crippen molar-refractivity contribution in [3.63, 3.8) is 0 Å². The normalized spacial score (nSPS) is 17.5. The van der Waals surface area contributed by atoms with E-state index in [1.807, 2.05) is 37.3 Å². The van der Waals surface area contributed by atoms with Gasteiger partial charge in [0.1, 0.15) is 12.4 Å². The molecule has 0 saturated carbocycles. The Hall–Kier alpha value is -3.98. The zero-order valence-electron chi connectivity index (χ0n) is 20.4. The van der Waals surface area contributed by atoms with E-state index in [9.17, 15) is 14.4 Å². The second-order valence-corrected chi connectivity index (χ2v) is 9.24. The molecule has 0 bridgehead atoms. The standard InChI is InChI=1S/C27H30N4O5/c1-18-14-21(23-6-3-4-7-24(23)28-18)16-36-22-10-8-20(9-11-22)26(34)29-27(15-25(33)30-35)12-5-13-31(17-27)19(2)32/h3-4,6-11,14,35H,5,12-13,15-17H2,1-2H3,(H,29,34)(H,30,33). The largest absolute Gasteiger partial charge is 0.489 e. The number of hydrogen-bond donors (Lipinski definition) is 3. The molecular weight excluding hydrogens is 460 g/mol. The minimum atomic E-state index is -0.969. The number of benzene rings is 2. The van der Waals surface area contributed by atoms with Crippen LogP contribution in [0.5, 0.6) is 5.75 Å². The number of rotatable bonds is 7. The average Bonchev–Trinajstić information content (AvgIpc) is 2.87. The van der Waals surface area contributed by atoms with E-state index in [1.54, 1.807) is 34.6 Å². The van der Waals surface area contributed by atoms with E-state index < -0.39 is 11.4 Å². The molecule has 9 nitrogen and oxygen atoms in total. The van der Waals surface area contributed by atoms with E-state index >= 15 is 0 Å². The van der Waals surface area contributed by atoms with Gasteiger partial charge >= 0.3 is 0 Å². The predicted molar refractivity (Wildman–Crippen MR) is 133 cm³/mol. The summed E-state index contributed by atoms with van der Waals surface area (Å²) in [5, 5.41) is 13.0. The third-order valence-corrected chi connectivity index (χ3v) is 6.47. The van der Waals surface area contributed by atoms with Gasteiger partial charge < -0.3 is 15.0 Å². The number of aromatic nitrogens is 1. The van der Waals surface area contributed by atoms with Crippen LogP contribution in [0, 0.1) is 6.92 Å². The van der Waals surface area contributed by atoms with Crippen LogP contribution in [-0.4, -0.2) is 51.4 Å². The maximum absolute atomic E-state index is 13.1. The Balaban J connectivity index is 1.45. The fourth-order valence-corrected chi connectivity index (χ4v) is 4.73. The number of hydroxylamine groups is 1. The molecule has 1 fully saturated rings. The molecule has 2 heterocycles. The first-order chi connectivity index (χ1) is 17.3. The van der Waals surface area contributed by atoms with Gasteiger partial charge in [0.25, 0.3) is 5.91 Å². The number of nitrogens with one attached hydrogen (secondary N) is 2. The van der Waals surface area contributed by atoms with Crippen LogP contribution >= 0.6 is 0 Å². The van der Waals surface area contributed by atoms with Crippen LogP contribution in [0.3, 0.4) is 0 Å². The number of carbonyl (C=O) groups excluding carboxylic acids is 3. The lowest BCUT2D eigenvalue weighted by Crippen LogP contribution is -2.61. The Bertz CT molecular complexity index is 1280. The van der Waals surface area contributed by atoms with Crippen LogP contribution in [0.15, 0.2) is 54.6 Å². The third-order valence-electron chi connectivity index (χ3n) is 6.47. The molecule has 36 heavy (non-hydrogen) atoms. The van der Waals surface area contributed by atoms with Gasteiger partial charge in [-0.05, 0) is 56.2 Å². The molecule has 1 atom stereocenters. The Labute approximate surface area is 209 Å². The molecule has 1 saturated heterocycles. The van der Waals surface area contributed by atoms with Gasteiger partial charge in [-0.25, -0.2) is 5.48 Å². The number of amides is 3. The second kappa shape index (κ2) is 10.7. The molecule has 1 aliphatic rings. The second-order valence-electron chi connectivity index (χ2n) is 9.24. The summed E-state index contributed by atoms with van der Waals surface area (Å²) < 4.78 is 5.98. The van der Waals surface area contributed by atoms with E-state index in [0.717, 1.165) is 22.2 Å². The zero-order valence-corrected chi connectivity index (χ0v) is 20.4. The smallest absolute Gasteiger partial charge is 0.251 e. The maximum Gasteiger partial charge on any atom is 0.251 e. The van der Waals surface area contributed by atoms with Crippen molar-refractivity contribution < 1.29 is 24.3 Å². The van der Waals surface area contributed by atoms with E-state index in [0.29, 0.717) is 37.3 Å². The van der Waals surface area contributed by atoms with Crippen molar-refractivity contribution in [2.75, 3.05) is 13.1 Å². The minimum absolute atomic E-state index is 0.128. The van der Waals surface area contributed by atoms with Gasteiger partial charge in [0.05, 0.1) is 17.5 Å². The van der Waals surface area contributed by atoms with Gasteiger partial charge in [-0.3, -0.25) is 24.6 Å². The monoisotopic (exact) mass is 490 g/mol. The lowest BCUT2D eigenvalue weighted by atomic mass is 9.85. The summed E-state index contributed by atoms with van der Waals surface area (Å²) in [6.07, 6.45) is 1.00. The third kappa shape index (κ3) is 5.80. The van der Waals surface area contributed by atoms with Crippen molar-refractivity contribution in [3.8, 4) is 5.75 Å². The Morgan fingerprint density at radius 1 is 1.14 bits per heavy atom. The lowest BCUT2D eigenvalue weighted by molar-refractivity contribution is -0.135. The molecule has 0 radical (unpaired) electrons. The molecule has 1 aliphatic heterocycles. The highest BCUT2D eigenvalue weighted by Crippen LogP contribution is 2.26. The molecule has 3 aromatic rings. The molecular formula is C27H30N4O5. The Kier molecular flexibility index (Phi) is 7.49. The molecule has 3 amide bonds. The van der Waals surface area contributed by atoms with Crippen molar-refractivity contribution >= 4 is 28.6 Å². The van der Waals surface area contributed by atoms with Gasteiger partial charge in [0, 0.05) is 42.2 Å². The first-order valence-electron chi connectivity index (χ1n) is 11.9. The average molecular weight is 491 g/mol.